The molecule has 1 aromatic heterocycles. The molecule has 0 radical (unpaired) electrons. The van der Waals surface area contributed by atoms with Crippen molar-refractivity contribution >= 4 is 0 Å². The summed E-state index contributed by atoms with van der Waals surface area (Å²) in [6.45, 7) is 9.71. The van der Waals surface area contributed by atoms with Crippen LogP contribution in [0.15, 0.2) is 18.2 Å². The van der Waals surface area contributed by atoms with Crippen molar-refractivity contribution in [2.45, 2.75) is 26.8 Å². The Morgan fingerprint density at radius 3 is 2.86 bits per heavy atom. The van der Waals surface area contributed by atoms with E-state index in [2.05, 4.69) is 30.0 Å². The predicted molar refractivity (Wildman–Crippen MR) is 59.1 cm³/mol. The van der Waals surface area contributed by atoms with Gasteiger partial charge in [0.1, 0.15) is 0 Å². The minimum absolute atomic E-state index is 0.857. The van der Waals surface area contributed by atoms with Crippen LogP contribution in [-0.2, 0) is 20.0 Å². The van der Waals surface area contributed by atoms with Crippen LogP contribution < -0.4 is 5.32 Å². The topological polar surface area (TPSA) is 29.9 Å². The van der Waals surface area contributed by atoms with Gasteiger partial charge in [0.15, 0.2) is 0 Å². The molecule has 14 heavy (non-hydrogen) atoms. The third kappa shape index (κ3) is 3.00. The van der Waals surface area contributed by atoms with Crippen LogP contribution in [0.2, 0.25) is 0 Å². The largest absolute Gasteiger partial charge is 0.307 e. The maximum absolute atomic E-state index is 4.38. The minimum atomic E-state index is 0.857. The van der Waals surface area contributed by atoms with Crippen LogP contribution in [0, 0.1) is 0 Å². The number of aryl methyl sites for hydroxylation is 2. The fraction of sp³-hybridized carbons (Fsp3) is 0.545. The number of nitrogens with zero attached hydrogens (tertiary/aromatic N) is 2. The molecule has 0 fully saturated rings. The van der Waals surface area contributed by atoms with Gasteiger partial charge in [0.2, 0.25) is 0 Å². The molecule has 1 aromatic rings. The van der Waals surface area contributed by atoms with Crippen molar-refractivity contribution in [3.63, 3.8) is 0 Å². The van der Waals surface area contributed by atoms with Gasteiger partial charge in [-0.25, -0.2) is 0 Å². The van der Waals surface area contributed by atoms with Gasteiger partial charge >= 0.3 is 0 Å². The van der Waals surface area contributed by atoms with Crippen LogP contribution in [-0.4, -0.2) is 16.3 Å². The Morgan fingerprint density at radius 2 is 2.36 bits per heavy atom. The van der Waals surface area contributed by atoms with Crippen LogP contribution in [0.1, 0.15) is 25.2 Å². The summed E-state index contributed by atoms with van der Waals surface area (Å²) in [6, 6.07) is 2.14. The normalized spacial score (nSPS) is 10.5. The van der Waals surface area contributed by atoms with Crippen molar-refractivity contribution in [2.24, 2.45) is 7.05 Å². The summed E-state index contributed by atoms with van der Waals surface area (Å²) >= 11 is 0. The highest BCUT2D eigenvalue weighted by atomic mass is 15.3. The molecule has 78 valence electrons. The van der Waals surface area contributed by atoms with E-state index in [4.69, 9.17) is 0 Å². The number of rotatable bonds is 5. The molecule has 0 aliphatic rings. The summed E-state index contributed by atoms with van der Waals surface area (Å²) in [5, 5.41) is 7.70. The number of aromatic nitrogens is 2. The fourth-order valence-electron chi connectivity index (χ4n) is 1.31. The Morgan fingerprint density at radius 1 is 1.64 bits per heavy atom. The second kappa shape index (κ2) is 4.96. The lowest BCUT2D eigenvalue weighted by Crippen LogP contribution is -2.17. The highest BCUT2D eigenvalue weighted by Gasteiger charge is 2.02. The van der Waals surface area contributed by atoms with Gasteiger partial charge in [0.05, 0.1) is 11.4 Å². The maximum atomic E-state index is 4.38. The average Bonchev–Trinajstić information content (AvgIpc) is 2.47. The molecule has 0 aliphatic heterocycles. The van der Waals surface area contributed by atoms with E-state index in [0.717, 1.165) is 30.8 Å². The smallest absolute Gasteiger partial charge is 0.0625 e. The first-order valence-corrected chi connectivity index (χ1v) is 5.00. The summed E-state index contributed by atoms with van der Waals surface area (Å²) in [5.74, 6) is 0. The Balaban J connectivity index is 2.49. The van der Waals surface area contributed by atoms with E-state index in [1.54, 1.807) is 0 Å². The van der Waals surface area contributed by atoms with Gasteiger partial charge < -0.3 is 5.32 Å². The third-order valence-corrected chi connectivity index (χ3v) is 2.12. The molecule has 0 aromatic carbocycles. The molecular formula is C11H19N3. The van der Waals surface area contributed by atoms with Gasteiger partial charge in [-0.15, -0.1) is 0 Å². The maximum Gasteiger partial charge on any atom is 0.0625 e. The van der Waals surface area contributed by atoms with E-state index in [9.17, 15) is 0 Å². The molecule has 0 spiro atoms. The lowest BCUT2D eigenvalue weighted by Gasteiger charge is -2.03. The zero-order valence-electron chi connectivity index (χ0n) is 9.30. The standard InChI is InChI=1S/C11H19N3/c1-5-10-6-11(14(4)13-10)8-12-7-9(2)3/h6,12H,2,5,7-8H2,1,3-4H3. The summed E-state index contributed by atoms with van der Waals surface area (Å²) in [5.41, 5.74) is 3.53. The monoisotopic (exact) mass is 193 g/mol. The minimum Gasteiger partial charge on any atom is -0.307 e. The van der Waals surface area contributed by atoms with Gasteiger partial charge in [-0.2, -0.15) is 5.10 Å². The molecule has 3 heteroatoms. The average molecular weight is 193 g/mol. The molecule has 1 rings (SSSR count). The van der Waals surface area contributed by atoms with Crippen molar-refractivity contribution in [3.8, 4) is 0 Å². The van der Waals surface area contributed by atoms with E-state index in [1.807, 2.05) is 18.7 Å². The molecule has 0 saturated carbocycles. The quantitative estimate of drug-likeness (QED) is 0.721. The third-order valence-electron chi connectivity index (χ3n) is 2.12. The van der Waals surface area contributed by atoms with Crippen molar-refractivity contribution in [2.75, 3.05) is 6.54 Å². The molecule has 0 saturated heterocycles. The molecular weight excluding hydrogens is 174 g/mol. The van der Waals surface area contributed by atoms with Gasteiger partial charge in [0, 0.05) is 20.1 Å². The number of nitrogens with one attached hydrogen (secondary N) is 1. The molecule has 0 unspecified atom stereocenters. The molecule has 0 atom stereocenters. The summed E-state index contributed by atoms with van der Waals surface area (Å²) < 4.78 is 1.93. The van der Waals surface area contributed by atoms with Crippen LogP contribution in [0.3, 0.4) is 0 Å². The van der Waals surface area contributed by atoms with Crippen LogP contribution in [0.5, 0.6) is 0 Å². The highest BCUT2D eigenvalue weighted by Crippen LogP contribution is 2.03. The molecule has 1 heterocycles. The van der Waals surface area contributed by atoms with E-state index in [1.165, 1.54) is 5.69 Å². The van der Waals surface area contributed by atoms with E-state index >= 15 is 0 Å². The summed E-state index contributed by atoms with van der Waals surface area (Å²) in [4.78, 5) is 0. The second-order valence-electron chi connectivity index (χ2n) is 3.66. The van der Waals surface area contributed by atoms with Gasteiger partial charge in [-0.05, 0) is 19.4 Å². The first-order chi connectivity index (χ1) is 6.63. The molecule has 3 nitrogen and oxygen atoms in total. The zero-order valence-corrected chi connectivity index (χ0v) is 9.30. The Labute approximate surface area is 85.8 Å². The zero-order chi connectivity index (χ0) is 10.6. The van der Waals surface area contributed by atoms with Gasteiger partial charge in [-0.3, -0.25) is 4.68 Å². The van der Waals surface area contributed by atoms with E-state index in [-0.39, 0.29) is 0 Å². The van der Waals surface area contributed by atoms with Crippen molar-refractivity contribution in [3.05, 3.63) is 29.6 Å². The van der Waals surface area contributed by atoms with E-state index < -0.39 is 0 Å². The molecule has 1 N–H and O–H groups in total. The van der Waals surface area contributed by atoms with Crippen LogP contribution in [0.4, 0.5) is 0 Å². The van der Waals surface area contributed by atoms with Crippen molar-refractivity contribution < 1.29 is 0 Å². The highest BCUT2D eigenvalue weighted by molar-refractivity contribution is 5.10. The van der Waals surface area contributed by atoms with Crippen LogP contribution >= 0.6 is 0 Å². The number of hydrogen-bond donors (Lipinski definition) is 1. The molecule has 0 amide bonds. The van der Waals surface area contributed by atoms with Crippen LogP contribution in [0.25, 0.3) is 0 Å². The number of hydrogen-bond acceptors (Lipinski definition) is 2. The summed E-state index contributed by atoms with van der Waals surface area (Å²) in [6.07, 6.45) is 0.994. The lowest BCUT2D eigenvalue weighted by atomic mass is 10.3. The first-order valence-electron chi connectivity index (χ1n) is 5.00. The Hall–Kier alpha value is -1.09. The lowest BCUT2D eigenvalue weighted by molar-refractivity contribution is 0.644. The van der Waals surface area contributed by atoms with Gasteiger partial charge in [-0.1, -0.05) is 19.1 Å². The fourth-order valence-corrected chi connectivity index (χ4v) is 1.31. The second-order valence-corrected chi connectivity index (χ2v) is 3.66. The predicted octanol–water partition coefficient (Wildman–Crippen LogP) is 1.65. The molecule has 0 aliphatic carbocycles. The Bertz CT molecular complexity index is 312. The van der Waals surface area contributed by atoms with E-state index in [0.29, 0.717) is 0 Å². The SMILES string of the molecule is C=C(C)CNCc1cc(CC)nn1C. The molecule has 0 bridgehead atoms. The van der Waals surface area contributed by atoms with Crippen molar-refractivity contribution in [1.29, 1.82) is 0 Å². The van der Waals surface area contributed by atoms with Crippen molar-refractivity contribution in [1.82, 2.24) is 15.1 Å². The van der Waals surface area contributed by atoms with Gasteiger partial charge in [0.25, 0.3) is 0 Å². The Kier molecular flexibility index (Phi) is 3.89. The summed E-state index contributed by atoms with van der Waals surface area (Å²) in [7, 11) is 1.98. The first kappa shape index (κ1) is 11.0.